The smallest absolute Gasteiger partial charge is 0.245 e. The molecule has 2 aliphatic rings. The third-order valence-electron chi connectivity index (χ3n) is 6.03. The average molecular weight is 474 g/mol. The van der Waals surface area contributed by atoms with Crippen LogP contribution in [-0.4, -0.2) is 33.5 Å². The lowest BCUT2D eigenvalue weighted by molar-refractivity contribution is -0.118. The molecule has 1 amide bonds. The number of sulfonamides is 1. The largest absolute Gasteiger partial charge is 0.312 e. The van der Waals surface area contributed by atoms with Crippen LogP contribution in [0.4, 0.5) is 10.1 Å². The van der Waals surface area contributed by atoms with Crippen molar-refractivity contribution in [3.8, 4) is 0 Å². The number of carbonyl (C=O) groups excluding carboxylic acids is 1. The van der Waals surface area contributed by atoms with Crippen molar-refractivity contribution in [2.75, 3.05) is 18.0 Å². The molecule has 0 bridgehead atoms. The highest BCUT2D eigenvalue weighted by Crippen LogP contribution is 2.30. The summed E-state index contributed by atoms with van der Waals surface area (Å²) >= 11 is 5.99. The van der Waals surface area contributed by atoms with E-state index >= 15 is 0 Å². The maximum Gasteiger partial charge on any atom is 0.245 e. The van der Waals surface area contributed by atoms with Gasteiger partial charge in [-0.3, -0.25) is 4.79 Å². The lowest BCUT2D eigenvalue weighted by Crippen LogP contribution is -2.41. The zero-order chi connectivity index (χ0) is 22.5. The van der Waals surface area contributed by atoms with Gasteiger partial charge in [-0.25, -0.2) is 12.8 Å². The van der Waals surface area contributed by atoms with Gasteiger partial charge >= 0.3 is 0 Å². The maximum atomic E-state index is 14.7. The van der Waals surface area contributed by atoms with Crippen molar-refractivity contribution in [2.45, 2.75) is 30.3 Å². The van der Waals surface area contributed by atoms with E-state index in [-0.39, 0.29) is 23.5 Å². The quantitative estimate of drug-likeness (QED) is 0.609. The summed E-state index contributed by atoms with van der Waals surface area (Å²) in [4.78, 5) is 14.4. The molecule has 0 aliphatic carbocycles. The molecule has 3 aromatic carbocycles. The van der Waals surface area contributed by atoms with Gasteiger partial charge in [-0.15, -0.1) is 0 Å². The number of fused-ring (bicyclic) bond motifs is 2. The Bertz CT molecular complexity index is 1350. The van der Waals surface area contributed by atoms with Crippen LogP contribution in [0.3, 0.4) is 0 Å². The van der Waals surface area contributed by atoms with Crippen LogP contribution < -0.4 is 14.9 Å². The van der Waals surface area contributed by atoms with E-state index in [2.05, 4.69) is 10.0 Å². The van der Waals surface area contributed by atoms with Crippen molar-refractivity contribution in [1.29, 1.82) is 0 Å². The van der Waals surface area contributed by atoms with Crippen LogP contribution in [0.2, 0.25) is 5.02 Å². The topological polar surface area (TPSA) is 78.5 Å². The fraction of sp³-hybridized carbons (Fsp3) is 0.261. The van der Waals surface area contributed by atoms with Crippen LogP contribution in [0.1, 0.15) is 17.5 Å². The van der Waals surface area contributed by atoms with E-state index in [9.17, 15) is 17.6 Å². The van der Waals surface area contributed by atoms with E-state index in [4.69, 9.17) is 11.6 Å². The third kappa shape index (κ3) is 3.88. The van der Waals surface area contributed by atoms with Gasteiger partial charge in [-0.2, -0.15) is 4.72 Å². The minimum absolute atomic E-state index is 0.0611. The second kappa shape index (κ2) is 8.12. The molecule has 2 aliphatic heterocycles. The number of amides is 1. The molecule has 1 saturated heterocycles. The lowest BCUT2D eigenvalue weighted by atomic mass is 9.99. The van der Waals surface area contributed by atoms with Gasteiger partial charge in [0, 0.05) is 18.1 Å². The Morgan fingerprint density at radius 1 is 1.06 bits per heavy atom. The van der Waals surface area contributed by atoms with Crippen molar-refractivity contribution in [1.82, 2.24) is 10.0 Å². The summed E-state index contributed by atoms with van der Waals surface area (Å²) in [5.41, 5.74) is 2.10. The number of carbonyl (C=O) groups is 1. The molecule has 32 heavy (non-hydrogen) atoms. The van der Waals surface area contributed by atoms with Gasteiger partial charge in [-0.1, -0.05) is 23.7 Å². The molecule has 2 heterocycles. The number of hydrogen-bond acceptors (Lipinski definition) is 4. The van der Waals surface area contributed by atoms with Crippen LogP contribution in [0.25, 0.3) is 10.8 Å². The van der Waals surface area contributed by atoms with Crippen LogP contribution in [-0.2, 0) is 27.8 Å². The summed E-state index contributed by atoms with van der Waals surface area (Å²) in [7, 11) is -3.94. The summed E-state index contributed by atoms with van der Waals surface area (Å²) < 4.78 is 43.2. The van der Waals surface area contributed by atoms with Crippen LogP contribution >= 0.6 is 11.6 Å². The van der Waals surface area contributed by atoms with E-state index in [1.54, 1.807) is 36.4 Å². The van der Waals surface area contributed by atoms with Crippen LogP contribution in [0.5, 0.6) is 0 Å². The second-order valence-electron chi connectivity index (χ2n) is 8.10. The van der Waals surface area contributed by atoms with E-state index in [0.717, 1.165) is 34.9 Å². The van der Waals surface area contributed by atoms with Gasteiger partial charge in [0.25, 0.3) is 0 Å². The van der Waals surface area contributed by atoms with Gasteiger partial charge < -0.3 is 10.2 Å². The Morgan fingerprint density at radius 3 is 2.69 bits per heavy atom. The molecule has 0 saturated carbocycles. The molecule has 1 fully saturated rings. The highest BCUT2D eigenvalue weighted by molar-refractivity contribution is 7.89. The predicted molar refractivity (Wildman–Crippen MR) is 122 cm³/mol. The fourth-order valence-corrected chi connectivity index (χ4v) is 5.78. The van der Waals surface area contributed by atoms with Crippen molar-refractivity contribution >= 4 is 44.0 Å². The molecule has 1 atom stereocenters. The number of nitrogens with one attached hydrogen (secondary N) is 2. The zero-order valence-electron chi connectivity index (χ0n) is 17.1. The number of nitrogens with zero attached hydrogens (tertiary/aromatic N) is 1. The van der Waals surface area contributed by atoms with Crippen LogP contribution in [0.15, 0.2) is 53.4 Å². The number of hydrogen-bond donors (Lipinski definition) is 2. The predicted octanol–water partition coefficient (Wildman–Crippen LogP) is 3.36. The van der Waals surface area contributed by atoms with E-state index in [1.807, 2.05) is 0 Å². The molecule has 6 nitrogen and oxygen atoms in total. The first kappa shape index (κ1) is 21.3. The summed E-state index contributed by atoms with van der Waals surface area (Å²) in [6.07, 6.45) is 1.02. The summed E-state index contributed by atoms with van der Waals surface area (Å²) in [6.45, 7) is 1.64. The molecule has 166 valence electrons. The van der Waals surface area contributed by atoms with Crippen molar-refractivity contribution in [3.63, 3.8) is 0 Å². The lowest BCUT2D eigenvalue weighted by Gasteiger charge is -2.23. The van der Waals surface area contributed by atoms with Gasteiger partial charge in [0.2, 0.25) is 15.9 Å². The Balaban J connectivity index is 1.38. The number of halogens is 2. The number of rotatable bonds is 4. The van der Waals surface area contributed by atoms with Gasteiger partial charge in [0.15, 0.2) is 0 Å². The first-order valence-electron chi connectivity index (χ1n) is 10.4. The first-order chi connectivity index (χ1) is 15.3. The van der Waals surface area contributed by atoms with E-state index < -0.39 is 27.8 Å². The average Bonchev–Trinajstić information content (AvgIpc) is 3.12. The molecular weight excluding hydrogens is 453 g/mol. The second-order valence-corrected chi connectivity index (χ2v) is 10.3. The van der Waals surface area contributed by atoms with Crippen molar-refractivity contribution < 1.29 is 17.6 Å². The molecule has 0 spiro atoms. The Kier molecular flexibility index (Phi) is 5.41. The molecule has 5 rings (SSSR count). The standard InChI is InChI=1S/C23H21ClFN3O3S/c24-18-3-1-15-10-19(4-2-14(15)9-18)32(30,31)27-21-6-8-28(23(21)29)22-12-16-5-7-26-13-17(16)11-20(22)25/h1-4,9-12,21,26-27H,5-8,13H2. The van der Waals surface area contributed by atoms with E-state index in [0.29, 0.717) is 11.6 Å². The maximum absolute atomic E-state index is 14.7. The van der Waals surface area contributed by atoms with Crippen LogP contribution in [0, 0.1) is 5.82 Å². The Hall–Kier alpha value is -2.52. The minimum atomic E-state index is -3.94. The van der Waals surface area contributed by atoms with Gasteiger partial charge in [0.05, 0.1) is 10.6 Å². The highest BCUT2D eigenvalue weighted by Gasteiger charge is 2.37. The fourth-order valence-electron chi connectivity index (χ4n) is 4.34. The van der Waals surface area contributed by atoms with Gasteiger partial charge in [0.1, 0.15) is 11.9 Å². The highest BCUT2D eigenvalue weighted by atomic mass is 35.5. The SMILES string of the molecule is O=C1C(NS(=O)(=O)c2ccc3cc(Cl)ccc3c2)CCN1c1cc2c(cc1F)CNCC2. The van der Waals surface area contributed by atoms with Crippen molar-refractivity contribution in [3.05, 3.63) is 70.5 Å². The Morgan fingerprint density at radius 2 is 1.84 bits per heavy atom. The molecule has 1 unspecified atom stereocenters. The third-order valence-corrected chi connectivity index (χ3v) is 7.74. The molecule has 3 aromatic rings. The molecular formula is C23H21ClFN3O3S. The molecule has 2 N–H and O–H groups in total. The van der Waals surface area contributed by atoms with Gasteiger partial charge in [-0.05, 0) is 77.7 Å². The minimum Gasteiger partial charge on any atom is -0.312 e. The number of anilines is 1. The normalized spacial score (nSPS) is 18.9. The first-order valence-corrected chi connectivity index (χ1v) is 12.2. The number of benzene rings is 3. The Labute approximate surface area is 190 Å². The summed E-state index contributed by atoms with van der Waals surface area (Å²) in [6, 6.07) is 12.1. The molecule has 0 aromatic heterocycles. The molecule has 9 heteroatoms. The zero-order valence-corrected chi connectivity index (χ0v) is 18.6. The van der Waals surface area contributed by atoms with E-state index in [1.165, 1.54) is 17.0 Å². The summed E-state index contributed by atoms with van der Waals surface area (Å²) in [5, 5.41) is 5.30. The summed E-state index contributed by atoms with van der Waals surface area (Å²) in [5.74, 6) is -0.925. The molecule has 0 radical (unpaired) electrons. The van der Waals surface area contributed by atoms with Crippen molar-refractivity contribution in [2.24, 2.45) is 0 Å². The monoisotopic (exact) mass is 473 g/mol.